The molecule has 2 fully saturated rings. The Balaban J connectivity index is 2.09. The van der Waals surface area contributed by atoms with Crippen LogP contribution in [0.25, 0.3) is 0 Å². The molecule has 0 amide bonds. The van der Waals surface area contributed by atoms with Crippen molar-refractivity contribution in [1.29, 1.82) is 0 Å². The number of hydrogen-bond donors (Lipinski definition) is 1. The van der Waals surface area contributed by atoms with E-state index < -0.39 is 0 Å². The molecule has 0 aromatic heterocycles. The van der Waals surface area contributed by atoms with E-state index in [1.54, 1.807) is 0 Å². The lowest BCUT2D eigenvalue weighted by Crippen LogP contribution is -2.62. The summed E-state index contributed by atoms with van der Waals surface area (Å²) in [4.78, 5) is 2.45. The Morgan fingerprint density at radius 2 is 1.53 bits per heavy atom. The van der Waals surface area contributed by atoms with Gasteiger partial charge in [-0.05, 0) is 40.5 Å². The van der Waals surface area contributed by atoms with Gasteiger partial charge in [-0.25, -0.2) is 0 Å². The van der Waals surface area contributed by atoms with Crippen LogP contribution in [0.5, 0.6) is 0 Å². The van der Waals surface area contributed by atoms with Crippen molar-refractivity contribution >= 4 is 0 Å². The van der Waals surface area contributed by atoms with Gasteiger partial charge in [0.25, 0.3) is 0 Å². The minimum absolute atomic E-state index is 0.112. The fourth-order valence-corrected chi connectivity index (χ4v) is 3.60. The lowest BCUT2D eigenvalue weighted by molar-refractivity contribution is -0.195. The lowest BCUT2D eigenvalue weighted by atomic mass is 9.88. The van der Waals surface area contributed by atoms with Crippen molar-refractivity contribution in [1.82, 2.24) is 4.90 Å². The molecule has 1 aliphatic carbocycles. The fourth-order valence-electron chi connectivity index (χ4n) is 3.60. The highest BCUT2D eigenvalue weighted by Crippen LogP contribution is 2.33. The molecule has 0 spiro atoms. The SMILES string of the molecule is CC1(C)CN(C2CCCCC2O)CC(C)(C)O1. The standard InChI is InChI=1S/C14H27NO2/c1-13(2)9-15(10-14(3,4)17-13)11-7-5-6-8-12(11)16/h11-12,16H,5-10H2,1-4H3. The third-order valence-electron chi connectivity index (χ3n) is 3.88. The molecule has 1 saturated heterocycles. The number of ether oxygens (including phenoxy) is 1. The van der Waals surface area contributed by atoms with Crippen molar-refractivity contribution in [2.75, 3.05) is 13.1 Å². The Kier molecular flexibility index (Phi) is 3.54. The van der Waals surface area contributed by atoms with Crippen LogP contribution in [0.1, 0.15) is 53.4 Å². The highest BCUT2D eigenvalue weighted by atomic mass is 16.5. The first kappa shape index (κ1) is 13.3. The minimum Gasteiger partial charge on any atom is -0.391 e. The Labute approximate surface area is 105 Å². The smallest absolute Gasteiger partial charge is 0.0760 e. The second-order valence-electron chi connectivity index (χ2n) is 6.95. The van der Waals surface area contributed by atoms with Crippen LogP contribution in [0.2, 0.25) is 0 Å². The summed E-state index contributed by atoms with van der Waals surface area (Å²) in [6.45, 7) is 10.5. The molecular weight excluding hydrogens is 214 g/mol. The molecule has 2 atom stereocenters. The van der Waals surface area contributed by atoms with Crippen molar-refractivity contribution in [2.24, 2.45) is 0 Å². The van der Waals surface area contributed by atoms with E-state index in [-0.39, 0.29) is 17.3 Å². The summed E-state index contributed by atoms with van der Waals surface area (Å²) >= 11 is 0. The molecular formula is C14H27NO2. The Hall–Kier alpha value is -0.120. The topological polar surface area (TPSA) is 32.7 Å². The van der Waals surface area contributed by atoms with Gasteiger partial charge in [-0.2, -0.15) is 0 Å². The predicted octanol–water partition coefficient (Wildman–Crippen LogP) is 2.18. The van der Waals surface area contributed by atoms with Crippen LogP contribution in [-0.2, 0) is 4.74 Å². The molecule has 2 aliphatic rings. The summed E-state index contributed by atoms with van der Waals surface area (Å²) in [6, 6.07) is 0.339. The zero-order valence-corrected chi connectivity index (χ0v) is 11.7. The van der Waals surface area contributed by atoms with Gasteiger partial charge >= 0.3 is 0 Å². The zero-order valence-electron chi connectivity index (χ0n) is 11.7. The number of rotatable bonds is 1. The Bertz CT molecular complexity index is 259. The monoisotopic (exact) mass is 241 g/mol. The van der Waals surface area contributed by atoms with E-state index in [0.717, 1.165) is 25.9 Å². The molecule has 0 aromatic carbocycles. The summed E-state index contributed by atoms with van der Waals surface area (Å²) in [6.07, 6.45) is 4.37. The van der Waals surface area contributed by atoms with Crippen LogP contribution in [0.15, 0.2) is 0 Å². The molecule has 100 valence electrons. The van der Waals surface area contributed by atoms with Crippen molar-refractivity contribution in [2.45, 2.75) is 76.7 Å². The van der Waals surface area contributed by atoms with Crippen LogP contribution in [-0.4, -0.2) is 46.4 Å². The fraction of sp³-hybridized carbons (Fsp3) is 1.00. The van der Waals surface area contributed by atoms with Crippen molar-refractivity contribution in [3.05, 3.63) is 0 Å². The second kappa shape index (κ2) is 4.52. The number of aliphatic hydroxyl groups is 1. The highest BCUT2D eigenvalue weighted by Gasteiger charge is 2.42. The van der Waals surface area contributed by atoms with Crippen LogP contribution < -0.4 is 0 Å². The number of morpholine rings is 1. The van der Waals surface area contributed by atoms with E-state index in [9.17, 15) is 5.11 Å². The van der Waals surface area contributed by atoms with Gasteiger partial charge in [-0.1, -0.05) is 12.8 Å². The summed E-state index contributed by atoms with van der Waals surface area (Å²) in [7, 11) is 0. The van der Waals surface area contributed by atoms with Gasteiger partial charge in [0, 0.05) is 19.1 Å². The molecule has 3 nitrogen and oxygen atoms in total. The van der Waals surface area contributed by atoms with Crippen LogP contribution in [0.4, 0.5) is 0 Å². The zero-order chi connectivity index (χ0) is 12.7. The molecule has 2 rings (SSSR count). The number of hydrogen-bond acceptors (Lipinski definition) is 3. The van der Waals surface area contributed by atoms with Crippen molar-refractivity contribution < 1.29 is 9.84 Å². The van der Waals surface area contributed by atoms with E-state index in [4.69, 9.17) is 4.74 Å². The molecule has 0 bridgehead atoms. The highest BCUT2D eigenvalue weighted by molar-refractivity contribution is 4.94. The molecule has 0 aromatic rings. The lowest BCUT2D eigenvalue weighted by Gasteiger charge is -2.51. The second-order valence-corrected chi connectivity index (χ2v) is 6.95. The van der Waals surface area contributed by atoms with Gasteiger partial charge in [0.05, 0.1) is 17.3 Å². The molecule has 2 unspecified atom stereocenters. The van der Waals surface area contributed by atoms with Crippen molar-refractivity contribution in [3.8, 4) is 0 Å². The van der Waals surface area contributed by atoms with Crippen molar-refractivity contribution in [3.63, 3.8) is 0 Å². The summed E-state index contributed by atoms with van der Waals surface area (Å²) in [5, 5.41) is 10.2. The van der Waals surface area contributed by atoms with Crippen LogP contribution in [0.3, 0.4) is 0 Å². The van der Waals surface area contributed by atoms with Crippen LogP contribution >= 0.6 is 0 Å². The summed E-state index contributed by atoms with van der Waals surface area (Å²) < 4.78 is 6.09. The van der Waals surface area contributed by atoms with Gasteiger partial charge in [0.1, 0.15) is 0 Å². The third-order valence-corrected chi connectivity index (χ3v) is 3.88. The van der Waals surface area contributed by atoms with E-state index in [1.807, 2.05) is 0 Å². The van der Waals surface area contributed by atoms with E-state index >= 15 is 0 Å². The average molecular weight is 241 g/mol. The largest absolute Gasteiger partial charge is 0.391 e. The van der Waals surface area contributed by atoms with Gasteiger partial charge in [-0.15, -0.1) is 0 Å². The minimum atomic E-state index is -0.145. The normalized spacial score (nSPS) is 37.9. The van der Waals surface area contributed by atoms with Gasteiger partial charge in [0.2, 0.25) is 0 Å². The Morgan fingerprint density at radius 3 is 2.06 bits per heavy atom. The molecule has 1 heterocycles. The number of aliphatic hydroxyl groups excluding tert-OH is 1. The predicted molar refractivity (Wildman–Crippen MR) is 69.1 cm³/mol. The first-order chi connectivity index (χ1) is 7.79. The first-order valence-corrected chi connectivity index (χ1v) is 6.91. The quantitative estimate of drug-likeness (QED) is 0.764. The molecule has 1 N–H and O–H groups in total. The number of nitrogens with zero attached hydrogens (tertiary/aromatic N) is 1. The van der Waals surface area contributed by atoms with Gasteiger partial charge in [0.15, 0.2) is 0 Å². The van der Waals surface area contributed by atoms with E-state index in [2.05, 4.69) is 32.6 Å². The van der Waals surface area contributed by atoms with Gasteiger partial charge in [-0.3, -0.25) is 4.90 Å². The van der Waals surface area contributed by atoms with E-state index in [1.165, 1.54) is 12.8 Å². The molecule has 0 radical (unpaired) electrons. The first-order valence-electron chi connectivity index (χ1n) is 6.91. The van der Waals surface area contributed by atoms with Gasteiger partial charge < -0.3 is 9.84 Å². The van der Waals surface area contributed by atoms with E-state index in [0.29, 0.717) is 6.04 Å². The Morgan fingerprint density at radius 1 is 1.00 bits per heavy atom. The molecule has 1 saturated carbocycles. The maximum Gasteiger partial charge on any atom is 0.0760 e. The third kappa shape index (κ3) is 3.21. The molecule has 17 heavy (non-hydrogen) atoms. The maximum atomic E-state index is 10.2. The van der Waals surface area contributed by atoms with Crippen LogP contribution in [0, 0.1) is 0 Å². The maximum absolute atomic E-state index is 10.2. The molecule has 1 aliphatic heterocycles. The summed E-state index contributed by atoms with van der Waals surface area (Å²) in [5.41, 5.74) is -0.224. The average Bonchev–Trinajstić information content (AvgIpc) is 2.13. The summed E-state index contributed by atoms with van der Waals surface area (Å²) in [5.74, 6) is 0. The molecule has 3 heteroatoms.